The summed E-state index contributed by atoms with van der Waals surface area (Å²) in [6, 6.07) is 6.00. The first-order chi connectivity index (χ1) is 10.0. The number of rotatable bonds is 5. The van der Waals surface area contributed by atoms with Crippen molar-refractivity contribution in [1.82, 2.24) is 5.32 Å². The highest BCUT2D eigenvalue weighted by atomic mass is 16.5. The lowest BCUT2D eigenvalue weighted by atomic mass is 10.1. The first-order valence-electron chi connectivity index (χ1n) is 7.00. The molecule has 0 aliphatic carbocycles. The van der Waals surface area contributed by atoms with E-state index < -0.39 is 18.0 Å². The molecule has 21 heavy (non-hydrogen) atoms. The summed E-state index contributed by atoms with van der Waals surface area (Å²) >= 11 is 0. The second-order valence-electron chi connectivity index (χ2n) is 5.21. The van der Waals surface area contributed by atoms with Gasteiger partial charge in [0.25, 0.3) is 0 Å². The van der Waals surface area contributed by atoms with Gasteiger partial charge in [-0.2, -0.15) is 0 Å². The number of carbonyl (C=O) groups is 2. The summed E-state index contributed by atoms with van der Waals surface area (Å²) < 4.78 is 5.35. The topological polar surface area (TPSA) is 78.9 Å². The maximum Gasteiger partial charge on any atom is 0.327 e. The maximum atomic E-state index is 12.3. The van der Waals surface area contributed by atoms with E-state index >= 15 is 0 Å². The monoisotopic (exact) mass is 292 g/mol. The SMILES string of the molecule is CC(C)OCCNC(=O)N1c2ccccc2C[C@H]1C(=O)O. The summed E-state index contributed by atoms with van der Waals surface area (Å²) in [6.07, 6.45) is 0.433. The third kappa shape index (κ3) is 3.52. The number of hydrogen-bond acceptors (Lipinski definition) is 3. The molecule has 1 aliphatic rings. The minimum Gasteiger partial charge on any atom is -0.480 e. The van der Waals surface area contributed by atoms with Crippen LogP contribution in [-0.4, -0.2) is 42.4 Å². The van der Waals surface area contributed by atoms with E-state index in [1.807, 2.05) is 26.0 Å². The molecule has 0 bridgehead atoms. The Morgan fingerprint density at radius 1 is 1.43 bits per heavy atom. The van der Waals surface area contributed by atoms with E-state index in [1.54, 1.807) is 12.1 Å². The fourth-order valence-corrected chi connectivity index (χ4v) is 2.37. The Hall–Kier alpha value is -2.08. The second-order valence-corrected chi connectivity index (χ2v) is 5.21. The van der Waals surface area contributed by atoms with Crippen molar-refractivity contribution in [2.45, 2.75) is 32.4 Å². The van der Waals surface area contributed by atoms with Crippen molar-refractivity contribution in [3.8, 4) is 0 Å². The van der Waals surface area contributed by atoms with Gasteiger partial charge in [0.2, 0.25) is 0 Å². The predicted octanol–water partition coefficient (Wildman–Crippen LogP) is 1.64. The summed E-state index contributed by atoms with van der Waals surface area (Å²) in [5.41, 5.74) is 1.53. The van der Waals surface area contributed by atoms with E-state index in [2.05, 4.69) is 5.32 Å². The minimum absolute atomic E-state index is 0.0983. The van der Waals surface area contributed by atoms with Crippen molar-refractivity contribution in [1.29, 1.82) is 0 Å². The molecule has 0 radical (unpaired) electrons. The van der Waals surface area contributed by atoms with Crippen molar-refractivity contribution in [3.05, 3.63) is 29.8 Å². The summed E-state index contributed by atoms with van der Waals surface area (Å²) in [4.78, 5) is 24.9. The molecule has 1 aliphatic heterocycles. The van der Waals surface area contributed by atoms with E-state index in [0.717, 1.165) is 5.56 Å². The number of para-hydroxylation sites is 1. The molecule has 6 heteroatoms. The van der Waals surface area contributed by atoms with E-state index in [0.29, 0.717) is 25.3 Å². The molecule has 0 saturated carbocycles. The zero-order valence-electron chi connectivity index (χ0n) is 12.2. The number of anilines is 1. The molecule has 2 amide bonds. The number of aliphatic carboxylic acids is 1. The Labute approximate surface area is 123 Å². The predicted molar refractivity (Wildman–Crippen MR) is 78.5 cm³/mol. The molecular weight excluding hydrogens is 272 g/mol. The van der Waals surface area contributed by atoms with Gasteiger partial charge in [0, 0.05) is 18.7 Å². The van der Waals surface area contributed by atoms with Crippen LogP contribution in [0.2, 0.25) is 0 Å². The average molecular weight is 292 g/mol. The van der Waals surface area contributed by atoms with Crippen LogP contribution in [0, 0.1) is 0 Å². The number of ether oxygens (including phenoxy) is 1. The highest BCUT2D eigenvalue weighted by molar-refractivity contribution is 6.01. The zero-order valence-corrected chi connectivity index (χ0v) is 12.2. The molecule has 0 fully saturated rings. The van der Waals surface area contributed by atoms with Crippen LogP contribution in [0.25, 0.3) is 0 Å². The number of carboxylic acids is 1. The van der Waals surface area contributed by atoms with E-state index in [1.165, 1.54) is 4.90 Å². The number of benzene rings is 1. The van der Waals surface area contributed by atoms with Gasteiger partial charge in [-0.05, 0) is 25.5 Å². The van der Waals surface area contributed by atoms with Gasteiger partial charge >= 0.3 is 12.0 Å². The van der Waals surface area contributed by atoms with Crippen molar-refractivity contribution in [2.75, 3.05) is 18.1 Å². The smallest absolute Gasteiger partial charge is 0.327 e. The molecule has 2 rings (SSSR count). The molecule has 1 heterocycles. The van der Waals surface area contributed by atoms with Crippen LogP contribution < -0.4 is 10.2 Å². The van der Waals surface area contributed by atoms with E-state index in [9.17, 15) is 14.7 Å². The standard InChI is InChI=1S/C15H20N2O4/c1-10(2)21-8-7-16-15(20)17-12-6-4-3-5-11(12)9-13(17)14(18)19/h3-6,10,13H,7-9H2,1-2H3,(H,16,20)(H,18,19)/t13-/m0/s1. The Morgan fingerprint density at radius 2 is 2.14 bits per heavy atom. The number of nitrogens with one attached hydrogen (secondary N) is 1. The van der Waals surface area contributed by atoms with Crippen molar-refractivity contribution < 1.29 is 19.4 Å². The number of carbonyl (C=O) groups excluding carboxylic acids is 1. The number of urea groups is 1. The van der Waals surface area contributed by atoms with Crippen LogP contribution in [-0.2, 0) is 16.0 Å². The molecule has 2 N–H and O–H groups in total. The van der Waals surface area contributed by atoms with Gasteiger partial charge in [-0.3, -0.25) is 4.90 Å². The molecule has 6 nitrogen and oxygen atoms in total. The Kier molecular flexibility index (Phi) is 4.80. The zero-order chi connectivity index (χ0) is 15.4. The maximum absolute atomic E-state index is 12.3. The average Bonchev–Trinajstić information content (AvgIpc) is 2.83. The molecule has 0 spiro atoms. The lowest BCUT2D eigenvalue weighted by Crippen LogP contribution is -2.48. The molecule has 0 aromatic heterocycles. The van der Waals surface area contributed by atoms with Crippen LogP contribution in [0.15, 0.2) is 24.3 Å². The van der Waals surface area contributed by atoms with Gasteiger partial charge in [0.1, 0.15) is 6.04 Å². The fraction of sp³-hybridized carbons (Fsp3) is 0.467. The van der Waals surface area contributed by atoms with Gasteiger partial charge in [-0.1, -0.05) is 18.2 Å². The summed E-state index contributed by atoms with van der Waals surface area (Å²) in [7, 11) is 0. The first kappa shape index (κ1) is 15.3. The molecule has 1 aromatic carbocycles. The van der Waals surface area contributed by atoms with Crippen LogP contribution in [0.4, 0.5) is 10.5 Å². The lowest BCUT2D eigenvalue weighted by molar-refractivity contribution is -0.138. The highest BCUT2D eigenvalue weighted by Crippen LogP contribution is 2.32. The van der Waals surface area contributed by atoms with E-state index in [4.69, 9.17) is 4.74 Å². The third-order valence-corrected chi connectivity index (χ3v) is 3.31. The van der Waals surface area contributed by atoms with Gasteiger partial charge in [-0.25, -0.2) is 9.59 Å². The van der Waals surface area contributed by atoms with Crippen molar-refractivity contribution in [3.63, 3.8) is 0 Å². The molecule has 1 atom stereocenters. The molecule has 0 saturated heterocycles. The summed E-state index contributed by atoms with van der Waals surface area (Å²) in [5, 5.41) is 12.0. The largest absolute Gasteiger partial charge is 0.480 e. The van der Waals surface area contributed by atoms with Crippen molar-refractivity contribution >= 4 is 17.7 Å². The first-order valence-corrected chi connectivity index (χ1v) is 7.00. The fourth-order valence-electron chi connectivity index (χ4n) is 2.37. The number of amides is 2. The highest BCUT2D eigenvalue weighted by Gasteiger charge is 2.38. The normalized spacial score (nSPS) is 16.9. The number of hydrogen-bond donors (Lipinski definition) is 2. The van der Waals surface area contributed by atoms with Crippen LogP contribution in [0.1, 0.15) is 19.4 Å². The van der Waals surface area contributed by atoms with Gasteiger partial charge in [-0.15, -0.1) is 0 Å². The molecule has 1 aromatic rings. The second kappa shape index (κ2) is 6.58. The lowest BCUT2D eigenvalue weighted by Gasteiger charge is -2.23. The molecular formula is C15H20N2O4. The number of fused-ring (bicyclic) bond motifs is 1. The van der Waals surface area contributed by atoms with Crippen LogP contribution in [0.5, 0.6) is 0 Å². The Morgan fingerprint density at radius 3 is 2.81 bits per heavy atom. The molecule has 114 valence electrons. The number of nitrogens with zero attached hydrogens (tertiary/aromatic N) is 1. The number of carboxylic acid groups (broad SMARTS) is 1. The van der Waals surface area contributed by atoms with E-state index in [-0.39, 0.29) is 6.10 Å². The summed E-state index contributed by atoms with van der Waals surface area (Å²) in [6.45, 7) is 4.58. The van der Waals surface area contributed by atoms with Crippen LogP contribution in [0.3, 0.4) is 0 Å². The van der Waals surface area contributed by atoms with Gasteiger partial charge in [0.15, 0.2) is 0 Å². The third-order valence-electron chi connectivity index (χ3n) is 3.31. The molecule has 0 unspecified atom stereocenters. The van der Waals surface area contributed by atoms with Crippen molar-refractivity contribution in [2.24, 2.45) is 0 Å². The van der Waals surface area contributed by atoms with Gasteiger partial charge in [0.05, 0.1) is 12.7 Å². The Bertz CT molecular complexity index is 530. The van der Waals surface area contributed by atoms with Gasteiger partial charge < -0.3 is 15.2 Å². The minimum atomic E-state index is -1.00. The quantitative estimate of drug-likeness (QED) is 0.809. The Balaban J connectivity index is 2.04. The summed E-state index contributed by atoms with van der Waals surface area (Å²) in [5.74, 6) is -1.00. The van der Waals surface area contributed by atoms with Crippen LogP contribution >= 0.6 is 0 Å².